The van der Waals surface area contributed by atoms with Crippen LogP contribution in [0.25, 0.3) is 27.8 Å². The van der Waals surface area contributed by atoms with Crippen molar-refractivity contribution in [2.24, 2.45) is 0 Å². The summed E-state index contributed by atoms with van der Waals surface area (Å²) >= 11 is 0. The molecular weight excluding hydrogens is 681 g/mol. The van der Waals surface area contributed by atoms with Gasteiger partial charge in [-0.05, 0) is 90.6 Å². The van der Waals surface area contributed by atoms with Gasteiger partial charge in [-0.2, -0.15) is 15.3 Å². The van der Waals surface area contributed by atoms with E-state index in [1.54, 1.807) is 0 Å². The molecule has 10 heteroatoms. The molecule has 0 radical (unpaired) electrons. The Bertz CT molecular complexity index is 2300. The van der Waals surface area contributed by atoms with Crippen molar-refractivity contribution >= 4 is 27.8 Å². The van der Waals surface area contributed by atoms with Crippen LogP contribution in [-0.2, 0) is 21.7 Å². The lowest BCUT2D eigenvalue weighted by molar-refractivity contribution is 0.548. The van der Waals surface area contributed by atoms with Crippen molar-refractivity contribution in [2.75, 3.05) is 0 Å². The summed E-state index contributed by atoms with van der Waals surface area (Å²) in [5.74, 6) is 1.64. The van der Waals surface area contributed by atoms with E-state index in [0.717, 1.165) is 34.3 Å². The number of hydrogen-bond donors (Lipinski definition) is 1. The molecule has 0 aliphatic heterocycles. The second-order valence-corrected chi connectivity index (χ2v) is 18.3. The van der Waals surface area contributed by atoms with Gasteiger partial charge in [-0.3, -0.25) is 0 Å². The Balaban J connectivity index is 0.000000141. The Morgan fingerprint density at radius 3 is 1.82 bits per heavy atom. The topological polar surface area (TPSA) is 106 Å². The van der Waals surface area contributed by atoms with Crippen molar-refractivity contribution in [3.63, 3.8) is 0 Å². The lowest BCUT2D eigenvalue weighted by atomic mass is 9.87. The highest BCUT2D eigenvalue weighted by Gasteiger charge is 2.21. The van der Waals surface area contributed by atoms with Crippen molar-refractivity contribution in [1.82, 2.24) is 48.8 Å². The van der Waals surface area contributed by atoms with Gasteiger partial charge < -0.3 is 4.98 Å². The molecule has 8 heterocycles. The third-order valence-corrected chi connectivity index (χ3v) is 9.20. The third-order valence-electron chi connectivity index (χ3n) is 9.20. The minimum atomic E-state index is 0.0969. The predicted octanol–water partition coefficient (Wildman–Crippen LogP) is 10.5. The van der Waals surface area contributed by atoms with Crippen LogP contribution in [0, 0.1) is 20.8 Å². The zero-order valence-corrected chi connectivity index (χ0v) is 35.6. The first kappa shape index (κ1) is 40.8. The SMILES string of the molecule is CC(C)(C)c1c[nH]c2ncccc12.Cc1cc2c(C(C)(C)C)cccn2n1.Cc1nc2c(C(C)(C)C)cccn2n1.Cc1nc2cccc(C(C)(C)C)n2n1. The van der Waals surface area contributed by atoms with Gasteiger partial charge in [-0.1, -0.05) is 101 Å². The molecule has 0 aromatic carbocycles. The maximum Gasteiger partial charge on any atom is 0.159 e. The predicted molar refractivity (Wildman–Crippen MR) is 226 cm³/mol. The molecule has 0 amide bonds. The first-order valence-corrected chi connectivity index (χ1v) is 19.1. The smallest absolute Gasteiger partial charge is 0.159 e. The zero-order valence-electron chi connectivity index (χ0n) is 35.6. The van der Waals surface area contributed by atoms with Crippen molar-refractivity contribution in [2.45, 2.75) is 126 Å². The number of H-pyrrole nitrogens is 1. The largest absolute Gasteiger partial charge is 0.346 e. The van der Waals surface area contributed by atoms with E-state index in [4.69, 9.17) is 0 Å². The first-order chi connectivity index (χ1) is 25.5. The van der Waals surface area contributed by atoms with Crippen LogP contribution in [0.1, 0.15) is 123 Å². The first-order valence-electron chi connectivity index (χ1n) is 19.1. The Kier molecular flexibility index (Phi) is 11.4. The van der Waals surface area contributed by atoms with Gasteiger partial charge in [-0.25, -0.2) is 28.5 Å². The molecule has 8 aromatic rings. The summed E-state index contributed by atoms with van der Waals surface area (Å²) in [5.41, 5.74) is 10.8. The maximum atomic E-state index is 4.43. The Labute approximate surface area is 326 Å². The zero-order chi connectivity index (χ0) is 40.5. The average molecular weight is 741 g/mol. The second kappa shape index (κ2) is 15.4. The van der Waals surface area contributed by atoms with Gasteiger partial charge in [0.05, 0.1) is 11.2 Å². The molecule has 0 unspecified atom stereocenters. The summed E-state index contributed by atoms with van der Waals surface area (Å²) in [7, 11) is 0. The van der Waals surface area contributed by atoms with E-state index >= 15 is 0 Å². The summed E-state index contributed by atoms with van der Waals surface area (Å²) in [6.07, 6.45) is 7.80. The summed E-state index contributed by atoms with van der Waals surface area (Å²) in [4.78, 5) is 16.2. The summed E-state index contributed by atoms with van der Waals surface area (Å²) in [5, 5.41) is 14.3. The molecule has 0 aliphatic carbocycles. The maximum absolute atomic E-state index is 4.43. The number of nitrogens with zero attached hydrogens (tertiary/aromatic N) is 9. The van der Waals surface area contributed by atoms with E-state index in [9.17, 15) is 0 Å². The molecule has 0 fully saturated rings. The number of hydrogen-bond acceptors (Lipinski definition) is 6. The van der Waals surface area contributed by atoms with E-state index < -0.39 is 0 Å². The van der Waals surface area contributed by atoms with Crippen LogP contribution in [0.15, 0.2) is 85.5 Å². The highest BCUT2D eigenvalue weighted by molar-refractivity contribution is 5.80. The van der Waals surface area contributed by atoms with Crippen molar-refractivity contribution < 1.29 is 0 Å². The molecule has 55 heavy (non-hydrogen) atoms. The summed E-state index contributed by atoms with van der Waals surface area (Å²) in [6.45, 7) is 32.3. The van der Waals surface area contributed by atoms with Crippen LogP contribution in [0.3, 0.4) is 0 Å². The number of aromatic amines is 1. The third kappa shape index (κ3) is 9.65. The molecule has 8 aromatic heterocycles. The fourth-order valence-corrected chi connectivity index (χ4v) is 6.53. The summed E-state index contributed by atoms with van der Waals surface area (Å²) in [6, 6.07) is 20.7. The molecule has 0 saturated heterocycles. The van der Waals surface area contributed by atoms with Crippen LogP contribution >= 0.6 is 0 Å². The second-order valence-electron chi connectivity index (χ2n) is 18.3. The van der Waals surface area contributed by atoms with Gasteiger partial charge in [0.2, 0.25) is 0 Å². The molecule has 0 aliphatic rings. The van der Waals surface area contributed by atoms with E-state index in [0.29, 0.717) is 0 Å². The standard InChI is InChI=1S/C12H16N2.2C11H15N3.C11H14N2/c1-9-8-11-10(12(2,3)4)6-5-7-14(11)13-9;1-8-12-10-9(11(2,3)4)6-5-7-14(10)13-8;1-8-12-10-7-5-6-9(11(2,3)4)14(10)13-8;1-11(2,3)9-7-13-10-8(9)5-4-6-12-10/h5-8H,1-4H3;2*5-7H,1-4H3;4-7H,1-3H3,(H,12,13). The summed E-state index contributed by atoms with van der Waals surface area (Å²) < 4.78 is 5.72. The quantitative estimate of drug-likeness (QED) is 0.166. The molecule has 290 valence electrons. The number of nitrogens with one attached hydrogen (secondary N) is 1. The fourth-order valence-electron chi connectivity index (χ4n) is 6.53. The lowest BCUT2D eigenvalue weighted by Crippen LogP contribution is -2.16. The minimum Gasteiger partial charge on any atom is -0.346 e. The molecule has 0 saturated carbocycles. The van der Waals surface area contributed by atoms with Gasteiger partial charge in [0.25, 0.3) is 0 Å². The molecule has 1 N–H and O–H groups in total. The number of pyridine rings is 4. The van der Waals surface area contributed by atoms with Gasteiger partial charge in [0, 0.05) is 46.8 Å². The van der Waals surface area contributed by atoms with E-state index in [1.165, 1.54) is 33.3 Å². The van der Waals surface area contributed by atoms with Crippen molar-refractivity contribution in [3.05, 3.63) is 125 Å². The van der Waals surface area contributed by atoms with E-state index in [1.807, 2.05) is 77.2 Å². The fraction of sp³-hybridized carbons (Fsp3) is 0.422. The molecule has 0 spiro atoms. The van der Waals surface area contributed by atoms with Crippen LogP contribution in [-0.4, -0.2) is 48.8 Å². The van der Waals surface area contributed by atoms with Crippen LogP contribution in [0.4, 0.5) is 0 Å². The molecule has 8 rings (SSSR count). The highest BCUT2D eigenvalue weighted by Crippen LogP contribution is 2.29. The van der Waals surface area contributed by atoms with Crippen molar-refractivity contribution in [3.8, 4) is 0 Å². The lowest BCUT2D eigenvalue weighted by Gasteiger charge is -2.19. The molecule has 0 bridgehead atoms. The molecular formula is C45H60N10. The van der Waals surface area contributed by atoms with E-state index in [-0.39, 0.29) is 21.7 Å². The Hall–Kier alpha value is -5.38. The number of fused-ring (bicyclic) bond motifs is 4. The minimum absolute atomic E-state index is 0.0969. The van der Waals surface area contributed by atoms with Gasteiger partial charge in [0.15, 0.2) is 11.3 Å². The average Bonchev–Trinajstić information content (AvgIpc) is 3.86. The number of aryl methyl sites for hydroxylation is 3. The van der Waals surface area contributed by atoms with Gasteiger partial charge >= 0.3 is 0 Å². The highest BCUT2D eigenvalue weighted by atomic mass is 15.3. The molecule has 10 nitrogen and oxygen atoms in total. The Morgan fingerprint density at radius 2 is 1.18 bits per heavy atom. The van der Waals surface area contributed by atoms with Crippen LogP contribution in [0.5, 0.6) is 0 Å². The number of rotatable bonds is 0. The van der Waals surface area contributed by atoms with Crippen molar-refractivity contribution in [1.29, 1.82) is 0 Å². The normalized spacial score (nSPS) is 12.3. The molecule has 0 atom stereocenters. The monoisotopic (exact) mass is 741 g/mol. The van der Waals surface area contributed by atoms with E-state index in [2.05, 4.69) is 161 Å². The Morgan fingerprint density at radius 1 is 0.564 bits per heavy atom. The van der Waals surface area contributed by atoms with Gasteiger partial charge in [-0.15, -0.1) is 0 Å². The van der Waals surface area contributed by atoms with Gasteiger partial charge in [0.1, 0.15) is 17.3 Å². The van der Waals surface area contributed by atoms with Crippen LogP contribution < -0.4 is 0 Å². The number of aromatic nitrogens is 10. The van der Waals surface area contributed by atoms with Crippen LogP contribution in [0.2, 0.25) is 0 Å².